The van der Waals surface area contributed by atoms with Gasteiger partial charge in [-0.05, 0) is 26.1 Å². The number of ether oxygens (including phenoxy) is 1. The SMILES string of the molecule is COc1ccc(C)cc1CN(C)CCC(=O)N1CCN(c2ncccn2)CC1. The number of hydrogen-bond acceptors (Lipinski definition) is 6. The predicted octanol–water partition coefficient (Wildman–Crippen LogP) is 1.96. The maximum absolute atomic E-state index is 12.6. The van der Waals surface area contributed by atoms with Crippen LogP contribution in [0.3, 0.4) is 0 Å². The molecule has 1 amide bonds. The summed E-state index contributed by atoms with van der Waals surface area (Å²) in [7, 11) is 3.73. The maximum Gasteiger partial charge on any atom is 0.225 e. The summed E-state index contributed by atoms with van der Waals surface area (Å²) in [4.78, 5) is 27.4. The van der Waals surface area contributed by atoms with E-state index in [0.717, 1.165) is 43.4 Å². The van der Waals surface area contributed by atoms with Crippen LogP contribution in [0, 0.1) is 6.92 Å². The van der Waals surface area contributed by atoms with Crippen molar-refractivity contribution in [3.05, 3.63) is 47.8 Å². The van der Waals surface area contributed by atoms with Crippen molar-refractivity contribution in [2.75, 3.05) is 51.8 Å². The molecule has 2 heterocycles. The number of aromatic nitrogens is 2. The highest BCUT2D eigenvalue weighted by atomic mass is 16.5. The Morgan fingerprint density at radius 2 is 1.89 bits per heavy atom. The van der Waals surface area contributed by atoms with Gasteiger partial charge >= 0.3 is 0 Å². The van der Waals surface area contributed by atoms with Crippen LogP contribution >= 0.6 is 0 Å². The lowest BCUT2D eigenvalue weighted by atomic mass is 10.1. The Labute approximate surface area is 166 Å². The average Bonchev–Trinajstić information content (AvgIpc) is 2.73. The molecule has 1 aromatic carbocycles. The van der Waals surface area contributed by atoms with Gasteiger partial charge in [-0.1, -0.05) is 17.7 Å². The number of carbonyl (C=O) groups is 1. The molecule has 3 rings (SSSR count). The van der Waals surface area contributed by atoms with Crippen molar-refractivity contribution >= 4 is 11.9 Å². The third kappa shape index (κ3) is 5.19. The Morgan fingerprint density at radius 3 is 2.57 bits per heavy atom. The summed E-state index contributed by atoms with van der Waals surface area (Å²) in [5, 5.41) is 0. The van der Waals surface area contributed by atoms with Crippen molar-refractivity contribution < 1.29 is 9.53 Å². The summed E-state index contributed by atoms with van der Waals surface area (Å²) in [6, 6.07) is 8.00. The molecule has 0 N–H and O–H groups in total. The predicted molar refractivity (Wildman–Crippen MR) is 110 cm³/mol. The zero-order valence-electron chi connectivity index (χ0n) is 17.0. The molecule has 7 heteroatoms. The molecule has 0 spiro atoms. The van der Waals surface area contributed by atoms with Crippen molar-refractivity contribution in [1.82, 2.24) is 19.8 Å². The molecule has 1 fully saturated rings. The standard InChI is InChI=1S/C21H29N5O2/c1-17-5-6-19(28-3)18(15-17)16-24(2)10-7-20(27)25-11-13-26(14-12-25)21-22-8-4-9-23-21/h4-6,8-9,15H,7,10-14,16H2,1-3H3. The molecule has 0 saturated carbocycles. The number of aryl methyl sites for hydroxylation is 1. The molecule has 1 saturated heterocycles. The van der Waals surface area contributed by atoms with Crippen molar-refractivity contribution in [3.8, 4) is 5.75 Å². The Balaban J connectivity index is 1.45. The number of methoxy groups -OCH3 is 1. The van der Waals surface area contributed by atoms with Crippen LogP contribution in [0.25, 0.3) is 0 Å². The van der Waals surface area contributed by atoms with Crippen molar-refractivity contribution in [1.29, 1.82) is 0 Å². The van der Waals surface area contributed by atoms with Gasteiger partial charge in [-0.15, -0.1) is 0 Å². The van der Waals surface area contributed by atoms with Gasteiger partial charge in [-0.2, -0.15) is 0 Å². The van der Waals surface area contributed by atoms with E-state index in [0.29, 0.717) is 19.5 Å². The van der Waals surface area contributed by atoms with Crippen LogP contribution in [-0.4, -0.2) is 72.6 Å². The first kappa shape index (κ1) is 20.1. The number of rotatable bonds is 7. The number of benzene rings is 1. The van der Waals surface area contributed by atoms with Crippen molar-refractivity contribution in [2.24, 2.45) is 0 Å². The molecule has 1 aliphatic rings. The monoisotopic (exact) mass is 383 g/mol. The topological polar surface area (TPSA) is 61.8 Å². The number of nitrogens with zero attached hydrogens (tertiary/aromatic N) is 5. The number of piperazine rings is 1. The number of hydrogen-bond donors (Lipinski definition) is 0. The van der Waals surface area contributed by atoms with Crippen molar-refractivity contribution in [3.63, 3.8) is 0 Å². The highest BCUT2D eigenvalue weighted by molar-refractivity contribution is 5.76. The van der Waals surface area contributed by atoms with Gasteiger partial charge < -0.3 is 19.4 Å². The first-order chi connectivity index (χ1) is 13.6. The first-order valence-corrected chi connectivity index (χ1v) is 9.68. The Morgan fingerprint density at radius 1 is 1.18 bits per heavy atom. The molecule has 0 bridgehead atoms. The van der Waals surface area contributed by atoms with Crippen LogP contribution in [0.4, 0.5) is 5.95 Å². The van der Waals surface area contributed by atoms with Crippen LogP contribution in [-0.2, 0) is 11.3 Å². The fourth-order valence-electron chi connectivity index (χ4n) is 3.46. The summed E-state index contributed by atoms with van der Waals surface area (Å²) in [5.74, 6) is 1.83. The summed E-state index contributed by atoms with van der Waals surface area (Å²) in [5.41, 5.74) is 2.36. The maximum atomic E-state index is 12.6. The Kier molecular flexibility index (Phi) is 6.81. The molecule has 1 aliphatic heterocycles. The minimum Gasteiger partial charge on any atom is -0.496 e. The van der Waals surface area contributed by atoms with E-state index in [9.17, 15) is 4.79 Å². The van der Waals surface area contributed by atoms with Crippen LogP contribution in [0.5, 0.6) is 5.75 Å². The zero-order chi connectivity index (χ0) is 19.9. The van der Waals surface area contributed by atoms with Gasteiger partial charge in [-0.25, -0.2) is 9.97 Å². The van der Waals surface area contributed by atoms with E-state index < -0.39 is 0 Å². The van der Waals surface area contributed by atoms with Crippen molar-refractivity contribution in [2.45, 2.75) is 19.9 Å². The molecule has 0 atom stereocenters. The van der Waals surface area contributed by atoms with Gasteiger partial charge in [-0.3, -0.25) is 4.79 Å². The third-order valence-corrected chi connectivity index (χ3v) is 5.05. The average molecular weight is 383 g/mol. The quantitative estimate of drug-likeness (QED) is 0.728. The minimum absolute atomic E-state index is 0.205. The molecule has 0 aliphatic carbocycles. The summed E-state index contributed by atoms with van der Waals surface area (Å²) in [6.45, 7) is 6.53. The zero-order valence-corrected chi connectivity index (χ0v) is 17.0. The van der Waals surface area contributed by atoms with E-state index in [-0.39, 0.29) is 5.91 Å². The van der Waals surface area contributed by atoms with Crippen LogP contribution in [0.15, 0.2) is 36.7 Å². The van der Waals surface area contributed by atoms with Crippen LogP contribution < -0.4 is 9.64 Å². The lowest BCUT2D eigenvalue weighted by Gasteiger charge is -2.35. The van der Waals surface area contributed by atoms with E-state index >= 15 is 0 Å². The molecule has 28 heavy (non-hydrogen) atoms. The highest BCUT2D eigenvalue weighted by Gasteiger charge is 2.22. The lowest BCUT2D eigenvalue weighted by molar-refractivity contribution is -0.131. The normalized spacial score (nSPS) is 14.4. The molecule has 1 aromatic heterocycles. The van der Waals surface area contributed by atoms with Gasteiger partial charge in [0, 0.05) is 63.6 Å². The number of amides is 1. The fraction of sp³-hybridized carbons (Fsp3) is 0.476. The smallest absolute Gasteiger partial charge is 0.225 e. The number of anilines is 1. The fourth-order valence-corrected chi connectivity index (χ4v) is 3.46. The molecular weight excluding hydrogens is 354 g/mol. The summed E-state index contributed by atoms with van der Waals surface area (Å²) >= 11 is 0. The van der Waals surface area contributed by atoms with Gasteiger partial charge in [0.2, 0.25) is 11.9 Å². The molecular formula is C21H29N5O2. The largest absolute Gasteiger partial charge is 0.496 e. The molecule has 150 valence electrons. The second kappa shape index (κ2) is 9.50. The highest BCUT2D eigenvalue weighted by Crippen LogP contribution is 2.21. The molecule has 0 radical (unpaired) electrons. The Hall–Kier alpha value is -2.67. The van der Waals surface area contributed by atoms with E-state index in [1.807, 2.05) is 30.1 Å². The Bertz CT molecular complexity index is 776. The number of carbonyl (C=O) groups excluding carboxylic acids is 1. The van der Waals surface area contributed by atoms with E-state index in [1.165, 1.54) is 5.56 Å². The van der Waals surface area contributed by atoms with E-state index in [1.54, 1.807) is 19.5 Å². The van der Waals surface area contributed by atoms with E-state index in [2.05, 4.69) is 32.8 Å². The van der Waals surface area contributed by atoms with E-state index in [4.69, 9.17) is 4.74 Å². The third-order valence-electron chi connectivity index (χ3n) is 5.05. The lowest BCUT2D eigenvalue weighted by Crippen LogP contribution is -2.49. The molecule has 0 unspecified atom stereocenters. The van der Waals surface area contributed by atoms with Crippen LogP contribution in [0.2, 0.25) is 0 Å². The van der Waals surface area contributed by atoms with Gasteiger partial charge in [0.15, 0.2) is 0 Å². The first-order valence-electron chi connectivity index (χ1n) is 9.68. The summed E-state index contributed by atoms with van der Waals surface area (Å²) < 4.78 is 5.45. The van der Waals surface area contributed by atoms with Gasteiger partial charge in [0.1, 0.15) is 5.75 Å². The van der Waals surface area contributed by atoms with Gasteiger partial charge in [0.05, 0.1) is 7.11 Å². The summed E-state index contributed by atoms with van der Waals surface area (Å²) in [6.07, 6.45) is 4.02. The minimum atomic E-state index is 0.205. The molecule has 7 nitrogen and oxygen atoms in total. The second-order valence-corrected chi connectivity index (χ2v) is 7.22. The molecule has 2 aromatic rings. The van der Waals surface area contributed by atoms with Crippen LogP contribution in [0.1, 0.15) is 17.5 Å². The van der Waals surface area contributed by atoms with Gasteiger partial charge in [0.25, 0.3) is 0 Å². The second-order valence-electron chi connectivity index (χ2n) is 7.22.